The van der Waals surface area contributed by atoms with Crippen LogP contribution in [0.15, 0.2) is 18.2 Å². The lowest BCUT2D eigenvalue weighted by Gasteiger charge is -2.39. The number of benzene rings is 1. The number of anilines is 1. The Labute approximate surface area is 187 Å². The minimum Gasteiger partial charge on any atom is -0.462 e. The molecule has 0 saturated carbocycles. The van der Waals surface area contributed by atoms with Gasteiger partial charge in [0.05, 0.1) is 30.0 Å². The predicted molar refractivity (Wildman–Crippen MR) is 119 cm³/mol. The molecule has 1 aliphatic rings. The van der Waals surface area contributed by atoms with Gasteiger partial charge >= 0.3 is 5.97 Å². The third kappa shape index (κ3) is 5.37. The van der Waals surface area contributed by atoms with Crippen LogP contribution in [0.4, 0.5) is 5.69 Å². The van der Waals surface area contributed by atoms with Crippen molar-refractivity contribution in [3.05, 3.63) is 46.0 Å². The quantitative estimate of drug-likeness (QED) is 0.631. The molecular weight excluding hydrogens is 420 g/mol. The average molecular weight is 449 g/mol. The normalized spacial score (nSPS) is 18.7. The number of hydrogen-bond acceptors (Lipinski definition) is 6. The number of imidazole rings is 1. The van der Waals surface area contributed by atoms with Crippen LogP contribution in [0.25, 0.3) is 0 Å². The Balaban J connectivity index is 1.70. The summed E-state index contributed by atoms with van der Waals surface area (Å²) in [6, 6.07) is 5.53. The first-order chi connectivity index (χ1) is 14.9. The standard InChI is InChI=1S/C22H29ClN4O4/c1-5-16-19(23)26-20(24-16)21(28)25-17-7-8-27(12-18(17)30-4)15-10-13(3)9-14(11-15)22(29)31-6-2/h9-11,17-18H,5-8,12H2,1-4H3,(H,24,26)(H,25,28)/t17-,18+/m1/s1. The van der Waals surface area contributed by atoms with Gasteiger partial charge in [0, 0.05) is 25.9 Å². The highest BCUT2D eigenvalue weighted by Crippen LogP contribution is 2.25. The fraction of sp³-hybridized carbons (Fsp3) is 0.500. The summed E-state index contributed by atoms with van der Waals surface area (Å²) < 4.78 is 10.8. The van der Waals surface area contributed by atoms with Gasteiger partial charge < -0.3 is 24.7 Å². The Hall–Kier alpha value is -2.58. The number of carbonyl (C=O) groups excluding carboxylic acids is 2. The molecule has 31 heavy (non-hydrogen) atoms. The molecule has 0 aliphatic carbocycles. The summed E-state index contributed by atoms with van der Waals surface area (Å²) in [6.07, 6.45) is 1.13. The van der Waals surface area contributed by atoms with Gasteiger partial charge in [-0.25, -0.2) is 9.78 Å². The van der Waals surface area contributed by atoms with E-state index in [1.165, 1.54) is 0 Å². The summed E-state index contributed by atoms with van der Waals surface area (Å²) in [4.78, 5) is 34.1. The van der Waals surface area contributed by atoms with Crippen LogP contribution < -0.4 is 10.2 Å². The summed E-state index contributed by atoms with van der Waals surface area (Å²) >= 11 is 6.06. The monoisotopic (exact) mass is 448 g/mol. The van der Waals surface area contributed by atoms with Gasteiger partial charge in [-0.1, -0.05) is 18.5 Å². The van der Waals surface area contributed by atoms with Gasteiger partial charge in [-0.3, -0.25) is 4.79 Å². The summed E-state index contributed by atoms with van der Waals surface area (Å²) in [5.41, 5.74) is 3.18. The zero-order chi connectivity index (χ0) is 22.5. The van der Waals surface area contributed by atoms with Crippen LogP contribution in [0.5, 0.6) is 0 Å². The van der Waals surface area contributed by atoms with E-state index in [-0.39, 0.29) is 29.8 Å². The molecule has 2 atom stereocenters. The van der Waals surface area contributed by atoms with E-state index < -0.39 is 0 Å². The first-order valence-electron chi connectivity index (χ1n) is 10.5. The number of rotatable bonds is 7. The number of H-pyrrole nitrogens is 1. The van der Waals surface area contributed by atoms with E-state index in [4.69, 9.17) is 21.1 Å². The third-order valence-corrected chi connectivity index (χ3v) is 5.73. The van der Waals surface area contributed by atoms with Crippen molar-refractivity contribution >= 4 is 29.2 Å². The number of piperidine rings is 1. The fourth-order valence-electron chi connectivity index (χ4n) is 3.80. The summed E-state index contributed by atoms with van der Waals surface area (Å²) in [5.74, 6) is -0.430. The van der Waals surface area contributed by atoms with Gasteiger partial charge in [0.15, 0.2) is 11.0 Å². The molecule has 9 heteroatoms. The molecule has 1 aromatic carbocycles. The van der Waals surface area contributed by atoms with Crippen molar-refractivity contribution in [1.29, 1.82) is 0 Å². The summed E-state index contributed by atoms with van der Waals surface area (Å²) in [5, 5.41) is 3.34. The van der Waals surface area contributed by atoms with Crippen molar-refractivity contribution in [2.75, 3.05) is 31.7 Å². The van der Waals surface area contributed by atoms with Crippen LogP contribution >= 0.6 is 11.6 Å². The molecule has 2 aromatic rings. The first kappa shape index (κ1) is 23.1. The number of esters is 1. The smallest absolute Gasteiger partial charge is 0.338 e. The Morgan fingerprint density at radius 2 is 2.10 bits per heavy atom. The molecule has 1 aromatic heterocycles. The summed E-state index contributed by atoms with van der Waals surface area (Å²) in [7, 11) is 1.63. The van der Waals surface area contributed by atoms with E-state index in [0.717, 1.165) is 16.9 Å². The number of aromatic amines is 1. The van der Waals surface area contributed by atoms with Crippen molar-refractivity contribution < 1.29 is 19.1 Å². The van der Waals surface area contributed by atoms with Crippen LogP contribution in [0.2, 0.25) is 5.15 Å². The van der Waals surface area contributed by atoms with Crippen molar-refractivity contribution in [2.24, 2.45) is 0 Å². The van der Waals surface area contributed by atoms with E-state index >= 15 is 0 Å². The molecule has 2 N–H and O–H groups in total. The fourth-order valence-corrected chi connectivity index (χ4v) is 4.06. The minimum atomic E-state index is -0.332. The number of halogens is 1. The third-order valence-electron chi connectivity index (χ3n) is 5.41. The number of methoxy groups -OCH3 is 1. The summed E-state index contributed by atoms with van der Waals surface area (Å²) in [6.45, 7) is 7.29. The second kappa shape index (κ2) is 10.2. The molecule has 8 nitrogen and oxygen atoms in total. The maximum absolute atomic E-state index is 12.6. The number of nitrogens with one attached hydrogen (secondary N) is 2. The molecule has 0 radical (unpaired) electrons. The number of hydrogen-bond donors (Lipinski definition) is 2. The second-order valence-electron chi connectivity index (χ2n) is 7.57. The number of ether oxygens (including phenoxy) is 2. The zero-order valence-electron chi connectivity index (χ0n) is 18.3. The van der Waals surface area contributed by atoms with Crippen molar-refractivity contribution in [3.63, 3.8) is 0 Å². The topological polar surface area (TPSA) is 96.5 Å². The van der Waals surface area contributed by atoms with Crippen molar-refractivity contribution in [3.8, 4) is 0 Å². The van der Waals surface area contributed by atoms with Crippen LogP contribution in [0, 0.1) is 6.92 Å². The first-order valence-corrected chi connectivity index (χ1v) is 10.9. The lowest BCUT2D eigenvalue weighted by atomic mass is 10.00. The molecule has 1 amide bonds. The predicted octanol–water partition coefficient (Wildman–Crippen LogP) is 3.13. The van der Waals surface area contributed by atoms with E-state index in [9.17, 15) is 9.59 Å². The molecular formula is C22H29ClN4O4. The van der Waals surface area contributed by atoms with Crippen LogP contribution in [-0.4, -0.2) is 60.8 Å². The van der Waals surface area contributed by atoms with E-state index in [1.54, 1.807) is 14.0 Å². The van der Waals surface area contributed by atoms with Gasteiger partial charge in [-0.15, -0.1) is 0 Å². The lowest BCUT2D eigenvalue weighted by molar-refractivity contribution is 0.0522. The minimum absolute atomic E-state index is 0.169. The lowest BCUT2D eigenvalue weighted by Crippen LogP contribution is -2.55. The molecule has 0 bridgehead atoms. The Morgan fingerprint density at radius 3 is 2.74 bits per heavy atom. The maximum Gasteiger partial charge on any atom is 0.338 e. The molecule has 0 spiro atoms. The van der Waals surface area contributed by atoms with Crippen molar-refractivity contribution in [2.45, 2.75) is 45.8 Å². The van der Waals surface area contributed by atoms with Gasteiger partial charge in [-0.2, -0.15) is 0 Å². The van der Waals surface area contributed by atoms with Crippen LogP contribution in [0.1, 0.15) is 52.5 Å². The SMILES string of the molecule is CCOC(=O)c1cc(C)cc(N2CC[C@@H](NC(=O)c3nc(Cl)c(CC)[nH]3)[C@@H](OC)C2)c1. The number of aryl methyl sites for hydroxylation is 2. The van der Waals surface area contributed by atoms with Gasteiger partial charge in [0.1, 0.15) is 0 Å². The molecule has 3 rings (SSSR count). The molecule has 0 unspecified atom stereocenters. The molecule has 1 fully saturated rings. The molecule has 1 aliphatic heterocycles. The van der Waals surface area contributed by atoms with E-state index in [2.05, 4.69) is 20.2 Å². The number of nitrogens with zero attached hydrogens (tertiary/aromatic N) is 2. The van der Waals surface area contributed by atoms with Crippen LogP contribution in [0.3, 0.4) is 0 Å². The van der Waals surface area contributed by atoms with Crippen LogP contribution in [-0.2, 0) is 15.9 Å². The number of amides is 1. The van der Waals surface area contributed by atoms with Gasteiger partial charge in [0.25, 0.3) is 5.91 Å². The number of carbonyl (C=O) groups is 2. The Kier molecular flexibility index (Phi) is 7.56. The number of aromatic nitrogens is 2. The van der Waals surface area contributed by atoms with E-state index in [1.807, 2.05) is 32.0 Å². The van der Waals surface area contributed by atoms with E-state index in [0.29, 0.717) is 43.3 Å². The highest BCUT2D eigenvalue weighted by molar-refractivity contribution is 6.30. The van der Waals surface area contributed by atoms with Gasteiger partial charge in [0.2, 0.25) is 0 Å². The molecule has 168 valence electrons. The Morgan fingerprint density at radius 1 is 1.32 bits per heavy atom. The second-order valence-corrected chi connectivity index (χ2v) is 7.93. The molecule has 1 saturated heterocycles. The average Bonchev–Trinajstić information content (AvgIpc) is 3.14. The molecule has 2 heterocycles. The maximum atomic E-state index is 12.6. The Bertz CT molecular complexity index is 946. The van der Waals surface area contributed by atoms with Crippen molar-refractivity contribution in [1.82, 2.24) is 15.3 Å². The highest BCUT2D eigenvalue weighted by atomic mass is 35.5. The largest absolute Gasteiger partial charge is 0.462 e. The highest BCUT2D eigenvalue weighted by Gasteiger charge is 2.32. The van der Waals surface area contributed by atoms with Gasteiger partial charge in [-0.05, 0) is 50.5 Å². The zero-order valence-corrected chi connectivity index (χ0v) is 19.1.